The van der Waals surface area contributed by atoms with E-state index >= 15 is 0 Å². The van der Waals surface area contributed by atoms with Crippen molar-refractivity contribution in [3.63, 3.8) is 0 Å². The molecule has 1 aromatic heterocycles. The van der Waals surface area contributed by atoms with Crippen molar-refractivity contribution in [1.82, 2.24) is 4.90 Å². The molecule has 2 heterocycles. The second-order valence-electron chi connectivity index (χ2n) is 5.72. The number of hydrogen-bond acceptors (Lipinski definition) is 4. The van der Waals surface area contributed by atoms with Crippen LogP contribution >= 0.6 is 23.2 Å². The van der Waals surface area contributed by atoms with Gasteiger partial charge in [-0.3, -0.25) is 4.79 Å². The maximum absolute atomic E-state index is 12.7. The summed E-state index contributed by atoms with van der Waals surface area (Å²) in [6.45, 7) is 4.63. The van der Waals surface area contributed by atoms with E-state index in [-0.39, 0.29) is 34.3 Å². The van der Waals surface area contributed by atoms with Crippen molar-refractivity contribution in [2.75, 3.05) is 13.1 Å². The number of carbonyl (C=O) groups is 1. The summed E-state index contributed by atoms with van der Waals surface area (Å²) >= 11 is 12.0. The Morgan fingerprint density at radius 2 is 1.83 bits per heavy atom. The zero-order valence-electron chi connectivity index (χ0n) is 12.6. The number of fused-ring (bicyclic) bond motifs is 1. The first-order valence-electron chi connectivity index (χ1n) is 7.23. The van der Waals surface area contributed by atoms with Gasteiger partial charge in [0, 0.05) is 23.5 Å². The van der Waals surface area contributed by atoms with E-state index in [0.717, 1.165) is 0 Å². The number of amides is 1. The molecule has 7 heteroatoms. The molecule has 2 atom stereocenters. The number of carbonyl (C=O) groups excluding carboxylic acids is 1. The molecule has 1 aliphatic rings. The second-order valence-corrected chi connectivity index (χ2v) is 6.56. The highest BCUT2D eigenvalue weighted by molar-refractivity contribution is 6.38. The van der Waals surface area contributed by atoms with E-state index in [1.54, 1.807) is 11.0 Å². The van der Waals surface area contributed by atoms with Crippen LogP contribution in [0.5, 0.6) is 0 Å². The summed E-state index contributed by atoms with van der Waals surface area (Å²) in [6, 6.07) is 4.57. The number of halogens is 2. The van der Waals surface area contributed by atoms with E-state index in [1.165, 1.54) is 12.1 Å². The first-order chi connectivity index (χ1) is 10.8. The fourth-order valence-electron chi connectivity index (χ4n) is 2.82. The minimum absolute atomic E-state index is 0.0304. The molecule has 0 spiro atoms. The van der Waals surface area contributed by atoms with Gasteiger partial charge in [0.1, 0.15) is 5.56 Å². The van der Waals surface area contributed by atoms with Crippen LogP contribution in [0.1, 0.15) is 24.2 Å². The van der Waals surface area contributed by atoms with Crippen molar-refractivity contribution in [1.29, 1.82) is 0 Å². The van der Waals surface area contributed by atoms with E-state index < -0.39 is 5.63 Å². The standard InChI is InChI=1S/C16H15Cl2NO4/c1-8-6-19(7-9(2)22-8)15(20)12-4-10-3-11(17)5-13(18)14(10)23-16(12)21/h3-5,8-9H,6-7H2,1-2H3/t8-,9+. The van der Waals surface area contributed by atoms with Gasteiger partial charge in [0.15, 0.2) is 5.58 Å². The molecule has 2 aromatic rings. The van der Waals surface area contributed by atoms with E-state index in [2.05, 4.69) is 0 Å². The zero-order valence-corrected chi connectivity index (χ0v) is 14.1. The van der Waals surface area contributed by atoms with Crippen LogP contribution in [0.3, 0.4) is 0 Å². The van der Waals surface area contributed by atoms with E-state index in [9.17, 15) is 9.59 Å². The molecule has 1 saturated heterocycles. The zero-order chi connectivity index (χ0) is 16.7. The topological polar surface area (TPSA) is 59.8 Å². The third kappa shape index (κ3) is 3.22. The minimum atomic E-state index is -0.710. The van der Waals surface area contributed by atoms with Gasteiger partial charge >= 0.3 is 5.63 Å². The Bertz CT molecular complexity index is 823. The average molecular weight is 356 g/mol. The first kappa shape index (κ1) is 16.3. The monoisotopic (exact) mass is 355 g/mol. The number of ether oxygens (including phenoxy) is 1. The van der Waals surface area contributed by atoms with Crippen molar-refractivity contribution in [3.8, 4) is 0 Å². The number of benzene rings is 1. The molecule has 1 amide bonds. The smallest absolute Gasteiger partial charge is 0.349 e. The molecular weight excluding hydrogens is 341 g/mol. The van der Waals surface area contributed by atoms with Crippen molar-refractivity contribution in [2.24, 2.45) is 0 Å². The van der Waals surface area contributed by atoms with Gasteiger partial charge < -0.3 is 14.1 Å². The molecule has 23 heavy (non-hydrogen) atoms. The maximum Gasteiger partial charge on any atom is 0.349 e. The quantitative estimate of drug-likeness (QED) is 0.736. The lowest BCUT2D eigenvalue weighted by Crippen LogP contribution is -2.49. The molecule has 122 valence electrons. The van der Waals surface area contributed by atoms with Crippen molar-refractivity contribution in [2.45, 2.75) is 26.1 Å². The Hall–Kier alpha value is -1.56. The Kier molecular flexibility index (Phi) is 4.36. The average Bonchev–Trinajstić information content (AvgIpc) is 2.46. The molecule has 0 N–H and O–H groups in total. The van der Waals surface area contributed by atoms with Gasteiger partial charge in [-0.15, -0.1) is 0 Å². The molecule has 0 radical (unpaired) electrons. The summed E-state index contributed by atoms with van der Waals surface area (Å²) in [5, 5.41) is 1.15. The Morgan fingerprint density at radius 1 is 1.17 bits per heavy atom. The largest absolute Gasteiger partial charge is 0.421 e. The predicted molar refractivity (Wildman–Crippen MR) is 88.4 cm³/mol. The van der Waals surface area contributed by atoms with Crippen molar-refractivity contribution >= 4 is 40.1 Å². The van der Waals surface area contributed by atoms with Crippen LogP contribution in [0.4, 0.5) is 0 Å². The Morgan fingerprint density at radius 3 is 2.48 bits per heavy atom. The highest BCUT2D eigenvalue weighted by Crippen LogP contribution is 2.27. The van der Waals surface area contributed by atoms with Gasteiger partial charge in [-0.1, -0.05) is 23.2 Å². The van der Waals surface area contributed by atoms with Gasteiger partial charge in [-0.25, -0.2) is 4.79 Å². The van der Waals surface area contributed by atoms with Gasteiger partial charge in [-0.05, 0) is 32.0 Å². The number of morpholine rings is 1. The van der Waals surface area contributed by atoms with Crippen LogP contribution in [0.25, 0.3) is 11.0 Å². The third-order valence-electron chi connectivity index (χ3n) is 3.69. The van der Waals surface area contributed by atoms with Crippen LogP contribution in [-0.4, -0.2) is 36.1 Å². The third-order valence-corrected chi connectivity index (χ3v) is 4.19. The molecule has 0 aliphatic carbocycles. The minimum Gasteiger partial charge on any atom is -0.421 e. The van der Waals surface area contributed by atoms with Gasteiger partial charge in [0.25, 0.3) is 5.91 Å². The summed E-state index contributed by atoms with van der Waals surface area (Å²) in [7, 11) is 0. The van der Waals surface area contributed by atoms with Crippen LogP contribution in [-0.2, 0) is 4.74 Å². The highest BCUT2D eigenvalue weighted by atomic mass is 35.5. The van der Waals surface area contributed by atoms with E-state index in [1.807, 2.05) is 13.8 Å². The van der Waals surface area contributed by atoms with Crippen LogP contribution < -0.4 is 5.63 Å². The molecule has 0 bridgehead atoms. The summed E-state index contributed by atoms with van der Waals surface area (Å²) in [6.07, 6.45) is -0.168. The van der Waals surface area contributed by atoms with Crippen LogP contribution in [0.2, 0.25) is 10.0 Å². The van der Waals surface area contributed by atoms with Crippen molar-refractivity contribution in [3.05, 3.63) is 44.2 Å². The maximum atomic E-state index is 12.7. The summed E-state index contributed by atoms with van der Waals surface area (Å²) in [5.41, 5.74) is -0.517. The van der Waals surface area contributed by atoms with Gasteiger partial charge in [0.2, 0.25) is 0 Å². The van der Waals surface area contributed by atoms with Gasteiger partial charge in [-0.2, -0.15) is 0 Å². The van der Waals surface area contributed by atoms with Crippen molar-refractivity contribution < 1.29 is 13.9 Å². The summed E-state index contributed by atoms with van der Waals surface area (Å²) in [5.74, 6) is -0.376. The lowest BCUT2D eigenvalue weighted by atomic mass is 10.1. The van der Waals surface area contributed by atoms with E-state index in [0.29, 0.717) is 23.5 Å². The Labute approximate surface area is 142 Å². The molecule has 1 fully saturated rings. The predicted octanol–water partition coefficient (Wildman–Crippen LogP) is 3.35. The first-order valence-corrected chi connectivity index (χ1v) is 7.98. The molecule has 0 unspecified atom stereocenters. The molecule has 3 rings (SSSR count). The Balaban J connectivity index is 2.04. The fourth-order valence-corrected chi connectivity index (χ4v) is 3.37. The number of rotatable bonds is 1. The van der Waals surface area contributed by atoms with Gasteiger partial charge in [0.05, 0.1) is 17.2 Å². The number of hydrogen-bond donors (Lipinski definition) is 0. The lowest BCUT2D eigenvalue weighted by Gasteiger charge is -2.35. The fraction of sp³-hybridized carbons (Fsp3) is 0.375. The SMILES string of the molecule is C[C@@H]1CN(C(=O)c2cc3cc(Cl)cc(Cl)c3oc2=O)C[C@H](C)O1. The normalized spacial score (nSPS) is 21.7. The van der Waals surface area contributed by atoms with Crippen LogP contribution in [0.15, 0.2) is 27.4 Å². The molecule has 1 aromatic carbocycles. The van der Waals surface area contributed by atoms with E-state index in [4.69, 9.17) is 32.4 Å². The number of nitrogens with zero attached hydrogens (tertiary/aromatic N) is 1. The molecule has 0 saturated carbocycles. The molecule has 1 aliphatic heterocycles. The second kappa shape index (κ2) is 6.15. The summed E-state index contributed by atoms with van der Waals surface area (Å²) in [4.78, 5) is 26.5. The van der Waals surface area contributed by atoms with Crippen LogP contribution in [0, 0.1) is 0 Å². The highest BCUT2D eigenvalue weighted by Gasteiger charge is 2.28. The lowest BCUT2D eigenvalue weighted by molar-refractivity contribution is -0.0587. The summed E-state index contributed by atoms with van der Waals surface area (Å²) < 4.78 is 10.8. The molecular formula is C16H15Cl2NO4. The molecule has 5 nitrogen and oxygen atoms in total.